The number of aliphatic hydroxyl groups is 1. The molecule has 2 aromatic carbocycles. The van der Waals surface area contributed by atoms with Crippen LogP contribution in [0.5, 0.6) is 17.2 Å². The molecule has 0 aromatic heterocycles. The molecule has 0 bridgehead atoms. The number of aliphatic hydroxyl groups excluding tert-OH is 1. The van der Waals surface area contributed by atoms with Gasteiger partial charge in [0.1, 0.15) is 23.1 Å². The Labute approximate surface area is 124 Å². The van der Waals surface area contributed by atoms with Crippen LogP contribution in [-0.4, -0.2) is 11.7 Å². The van der Waals surface area contributed by atoms with Crippen LogP contribution in [0.15, 0.2) is 42.5 Å². The minimum absolute atomic E-state index is 0.401. The fourth-order valence-electron chi connectivity index (χ4n) is 1.89. The average Bonchev–Trinajstić information content (AvgIpc) is 2.48. The second-order valence-electron chi connectivity index (χ2n) is 4.78. The minimum atomic E-state index is -0.803. The van der Waals surface area contributed by atoms with Crippen LogP contribution in [-0.2, 0) is 0 Å². The first-order chi connectivity index (χ1) is 10.1. The molecule has 0 fully saturated rings. The maximum absolute atomic E-state index is 13.2. The standard InChI is InChI=1S/C17H19FO3/c1-3-10-20-14-5-7-15(8-6-14)21-17-9-4-13(18)11-16(17)12(2)19/h4-9,11-12,19H,3,10H2,1-2H3/t12-/m1/s1. The van der Waals surface area contributed by atoms with Crippen molar-refractivity contribution < 1.29 is 19.0 Å². The monoisotopic (exact) mass is 290 g/mol. The first kappa shape index (κ1) is 15.3. The van der Waals surface area contributed by atoms with Crippen molar-refractivity contribution in [2.75, 3.05) is 6.61 Å². The average molecular weight is 290 g/mol. The topological polar surface area (TPSA) is 38.7 Å². The van der Waals surface area contributed by atoms with Gasteiger partial charge >= 0.3 is 0 Å². The van der Waals surface area contributed by atoms with Crippen LogP contribution in [0.25, 0.3) is 0 Å². The predicted molar refractivity (Wildman–Crippen MR) is 79.3 cm³/mol. The summed E-state index contributed by atoms with van der Waals surface area (Å²) in [7, 11) is 0. The molecular weight excluding hydrogens is 271 g/mol. The fraction of sp³-hybridized carbons (Fsp3) is 0.294. The lowest BCUT2D eigenvalue weighted by atomic mass is 10.1. The zero-order chi connectivity index (χ0) is 15.2. The van der Waals surface area contributed by atoms with Crippen LogP contribution in [0.2, 0.25) is 0 Å². The summed E-state index contributed by atoms with van der Waals surface area (Å²) in [5, 5.41) is 9.68. The zero-order valence-electron chi connectivity index (χ0n) is 12.2. The second kappa shape index (κ2) is 7.09. The molecule has 0 aliphatic rings. The number of hydrogen-bond donors (Lipinski definition) is 1. The number of benzene rings is 2. The van der Waals surface area contributed by atoms with Crippen LogP contribution in [0.3, 0.4) is 0 Å². The summed E-state index contributed by atoms with van der Waals surface area (Å²) >= 11 is 0. The van der Waals surface area contributed by atoms with Gasteiger partial charge in [-0.1, -0.05) is 6.92 Å². The molecule has 0 heterocycles. The van der Waals surface area contributed by atoms with E-state index in [1.165, 1.54) is 18.2 Å². The van der Waals surface area contributed by atoms with Crippen LogP contribution >= 0.6 is 0 Å². The van der Waals surface area contributed by atoms with Gasteiger partial charge in [0.25, 0.3) is 0 Å². The maximum Gasteiger partial charge on any atom is 0.133 e. The zero-order valence-corrected chi connectivity index (χ0v) is 12.2. The highest BCUT2D eigenvalue weighted by Gasteiger charge is 2.11. The molecule has 3 nitrogen and oxygen atoms in total. The molecule has 0 aliphatic heterocycles. The number of hydrogen-bond acceptors (Lipinski definition) is 3. The summed E-state index contributed by atoms with van der Waals surface area (Å²) in [6.45, 7) is 4.29. The molecule has 1 N–H and O–H groups in total. The quantitative estimate of drug-likeness (QED) is 0.853. The Hall–Kier alpha value is -2.07. The molecule has 0 radical (unpaired) electrons. The molecule has 0 unspecified atom stereocenters. The molecule has 0 saturated carbocycles. The predicted octanol–water partition coefficient (Wildman–Crippen LogP) is 4.46. The molecule has 112 valence electrons. The number of halogens is 1. The van der Waals surface area contributed by atoms with E-state index in [0.29, 0.717) is 23.7 Å². The molecule has 0 saturated heterocycles. The third-order valence-corrected chi connectivity index (χ3v) is 2.95. The summed E-state index contributed by atoms with van der Waals surface area (Å²) in [5.41, 5.74) is 0.418. The molecule has 2 rings (SSSR count). The minimum Gasteiger partial charge on any atom is -0.494 e. The summed E-state index contributed by atoms with van der Waals surface area (Å²) < 4.78 is 24.4. The van der Waals surface area contributed by atoms with Gasteiger partial charge in [0.2, 0.25) is 0 Å². The Kier molecular flexibility index (Phi) is 5.17. The van der Waals surface area contributed by atoms with E-state index in [2.05, 4.69) is 0 Å². The van der Waals surface area contributed by atoms with E-state index in [1.54, 1.807) is 19.1 Å². The lowest BCUT2D eigenvalue weighted by Crippen LogP contribution is -1.97. The Morgan fingerprint density at radius 3 is 2.38 bits per heavy atom. The molecule has 0 aliphatic carbocycles. The highest BCUT2D eigenvalue weighted by atomic mass is 19.1. The SMILES string of the molecule is CCCOc1ccc(Oc2ccc(F)cc2[C@@H](C)O)cc1. The lowest BCUT2D eigenvalue weighted by molar-refractivity contribution is 0.195. The van der Waals surface area contributed by atoms with Crippen molar-refractivity contribution in [3.8, 4) is 17.2 Å². The van der Waals surface area contributed by atoms with E-state index >= 15 is 0 Å². The Balaban J connectivity index is 2.14. The van der Waals surface area contributed by atoms with Gasteiger partial charge in [-0.05, 0) is 55.8 Å². The van der Waals surface area contributed by atoms with Gasteiger partial charge in [-0.15, -0.1) is 0 Å². The third kappa shape index (κ3) is 4.20. The third-order valence-electron chi connectivity index (χ3n) is 2.95. The Morgan fingerprint density at radius 2 is 1.76 bits per heavy atom. The highest BCUT2D eigenvalue weighted by molar-refractivity contribution is 5.40. The van der Waals surface area contributed by atoms with Crippen LogP contribution in [0, 0.1) is 5.82 Å². The number of rotatable bonds is 6. The fourth-order valence-corrected chi connectivity index (χ4v) is 1.89. The normalized spacial score (nSPS) is 12.0. The van der Waals surface area contributed by atoms with E-state index in [1.807, 2.05) is 19.1 Å². The first-order valence-electron chi connectivity index (χ1n) is 6.98. The van der Waals surface area contributed by atoms with Crippen molar-refractivity contribution in [1.82, 2.24) is 0 Å². The van der Waals surface area contributed by atoms with Gasteiger partial charge in [0.15, 0.2) is 0 Å². The molecule has 0 amide bonds. The smallest absolute Gasteiger partial charge is 0.133 e. The van der Waals surface area contributed by atoms with Crippen LogP contribution in [0.4, 0.5) is 4.39 Å². The van der Waals surface area contributed by atoms with E-state index in [-0.39, 0.29) is 0 Å². The van der Waals surface area contributed by atoms with Gasteiger partial charge in [-0.2, -0.15) is 0 Å². The molecule has 2 aromatic rings. The van der Waals surface area contributed by atoms with E-state index in [4.69, 9.17) is 9.47 Å². The second-order valence-corrected chi connectivity index (χ2v) is 4.78. The summed E-state index contributed by atoms with van der Waals surface area (Å²) in [4.78, 5) is 0. The van der Waals surface area contributed by atoms with E-state index in [9.17, 15) is 9.50 Å². The van der Waals surface area contributed by atoms with Crippen molar-refractivity contribution in [2.24, 2.45) is 0 Å². The lowest BCUT2D eigenvalue weighted by Gasteiger charge is -2.13. The van der Waals surface area contributed by atoms with Gasteiger partial charge in [0, 0.05) is 5.56 Å². The van der Waals surface area contributed by atoms with Crippen molar-refractivity contribution in [2.45, 2.75) is 26.4 Å². The Bertz CT molecular complexity index is 579. The molecule has 0 spiro atoms. The number of ether oxygens (including phenoxy) is 2. The van der Waals surface area contributed by atoms with Crippen LogP contribution in [0.1, 0.15) is 31.9 Å². The summed E-state index contributed by atoms with van der Waals surface area (Å²) in [6, 6.07) is 11.3. The molecular formula is C17H19FO3. The first-order valence-corrected chi connectivity index (χ1v) is 6.98. The summed E-state index contributed by atoms with van der Waals surface area (Å²) in [5.74, 6) is 1.42. The van der Waals surface area contributed by atoms with Gasteiger partial charge in [-0.25, -0.2) is 4.39 Å². The van der Waals surface area contributed by atoms with Crippen molar-refractivity contribution in [1.29, 1.82) is 0 Å². The molecule has 4 heteroatoms. The van der Waals surface area contributed by atoms with E-state index < -0.39 is 11.9 Å². The van der Waals surface area contributed by atoms with Gasteiger partial charge in [-0.3, -0.25) is 0 Å². The summed E-state index contributed by atoms with van der Waals surface area (Å²) in [6.07, 6.45) is 0.147. The van der Waals surface area contributed by atoms with Gasteiger partial charge < -0.3 is 14.6 Å². The highest BCUT2D eigenvalue weighted by Crippen LogP contribution is 2.31. The molecule has 21 heavy (non-hydrogen) atoms. The van der Waals surface area contributed by atoms with Crippen molar-refractivity contribution in [3.05, 3.63) is 53.8 Å². The van der Waals surface area contributed by atoms with Crippen LogP contribution < -0.4 is 9.47 Å². The molecule has 1 atom stereocenters. The Morgan fingerprint density at radius 1 is 1.10 bits per heavy atom. The van der Waals surface area contributed by atoms with Crippen molar-refractivity contribution >= 4 is 0 Å². The van der Waals surface area contributed by atoms with Crippen molar-refractivity contribution in [3.63, 3.8) is 0 Å². The maximum atomic E-state index is 13.2. The largest absolute Gasteiger partial charge is 0.494 e. The van der Waals surface area contributed by atoms with E-state index in [0.717, 1.165) is 12.2 Å². The van der Waals surface area contributed by atoms with Gasteiger partial charge in [0.05, 0.1) is 12.7 Å².